The first-order chi connectivity index (χ1) is 7.85. The first kappa shape index (κ1) is 12.4. The molecule has 0 bridgehead atoms. The van der Waals surface area contributed by atoms with Gasteiger partial charge in [-0.25, -0.2) is 9.97 Å². The molecule has 0 N–H and O–H groups in total. The molecule has 1 heterocycles. The van der Waals surface area contributed by atoms with Gasteiger partial charge in [-0.1, -0.05) is 11.6 Å². The Morgan fingerprint density at radius 3 is 2.53 bits per heavy atom. The van der Waals surface area contributed by atoms with Crippen LogP contribution in [0.3, 0.4) is 0 Å². The number of aromatic nitrogens is 2. The number of anilines is 1. The van der Waals surface area contributed by atoms with E-state index in [0.717, 1.165) is 12.8 Å². The van der Waals surface area contributed by atoms with Gasteiger partial charge in [-0.2, -0.15) is 13.2 Å². The molecule has 0 radical (unpaired) electrons. The van der Waals surface area contributed by atoms with Crippen LogP contribution in [0.25, 0.3) is 0 Å². The van der Waals surface area contributed by atoms with Gasteiger partial charge in [-0.05, 0) is 19.8 Å². The van der Waals surface area contributed by atoms with Crippen molar-refractivity contribution in [3.63, 3.8) is 0 Å². The van der Waals surface area contributed by atoms with E-state index in [0.29, 0.717) is 5.82 Å². The van der Waals surface area contributed by atoms with Crippen LogP contribution in [0.5, 0.6) is 0 Å². The Kier molecular flexibility index (Phi) is 3.16. The minimum Gasteiger partial charge on any atom is -0.344 e. The largest absolute Gasteiger partial charge is 0.405 e. The van der Waals surface area contributed by atoms with Gasteiger partial charge < -0.3 is 4.90 Å². The van der Waals surface area contributed by atoms with Crippen LogP contribution in [-0.2, 0) is 0 Å². The summed E-state index contributed by atoms with van der Waals surface area (Å²) >= 11 is 5.73. The third-order valence-corrected chi connectivity index (χ3v) is 2.62. The Bertz CT molecular complexity index is 397. The molecule has 1 aromatic rings. The molecule has 3 nitrogen and oxygen atoms in total. The summed E-state index contributed by atoms with van der Waals surface area (Å²) in [5, 5.41) is 0.167. The van der Waals surface area contributed by atoms with Gasteiger partial charge in [0.1, 0.15) is 23.3 Å². The molecule has 0 unspecified atom stereocenters. The summed E-state index contributed by atoms with van der Waals surface area (Å²) < 4.78 is 37.4. The number of halogens is 4. The monoisotopic (exact) mass is 265 g/mol. The molecule has 0 amide bonds. The van der Waals surface area contributed by atoms with Gasteiger partial charge in [0.2, 0.25) is 0 Å². The van der Waals surface area contributed by atoms with Gasteiger partial charge in [0, 0.05) is 12.1 Å². The molecule has 94 valence electrons. The fraction of sp³-hybridized carbons (Fsp3) is 0.600. The summed E-state index contributed by atoms with van der Waals surface area (Å²) in [5.74, 6) is 0.627. The molecule has 7 heteroatoms. The zero-order chi connectivity index (χ0) is 12.6. The zero-order valence-electron chi connectivity index (χ0n) is 9.13. The lowest BCUT2D eigenvalue weighted by atomic mass is 10.4. The lowest BCUT2D eigenvalue weighted by molar-refractivity contribution is -0.120. The smallest absolute Gasteiger partial charge is 0.344 e. The van der Waals surface area contributed by atoms with Crippen molar-refractivity contribution in [3.05, 3.63) is 17.0 Å². The van der Waals surface area contributed by atoms with Crippen molar-refractivity contribution in [1.29, 1.82) is 0 Å². The highest BCUT2D eigenvalue weighted by Gasteiger charge is 2.38. The van der Waals surface area contributed by atoms with Crippen LogP contribution >= 0.6 is 11.6 Å². The van der Waals surface area contributed by atoms with E-state index in [4.69, 9.17) is 11.6 Å². The highest BCUT2D eigenvalue weighted by atomic mass is 35.5. The van der Waals surface area contributed by atoms with Crippen molar-refractivity contribution >= 4 is 17.4 Å². The maximum atomic E-state index is 12.5. The van der Waals surface area contributed by atoms with Crippen molar-refractivity contribution in [2.24, 2.45) is 0 Å². The topological polar surface area (TPSA) is 29.0 Å². The molecule has 0 saturated heterocycles. The summed E-state index contributed by atoms with van der Waals surface area (Å²) in [4.78, 5) is 9.10. The number of nitrogens with zero attached hydrogens (tertiary/aromatic N) is 3. The average molecular weight is 266 g/mol. The molecule has 1 aromatic heterocycles. The molecule has 1 fully saturated rings. The zero-order valence-corrected chi connectivity index (χ0v) is 9.89. The third-order valence-electron chi connectivity index (χ3n) is 2.42. The minimum atomic E-state index is -4.24. The number of rotatable bonds is 3. The Morgan fingerprint density at radius 1 is 1.41 bits per heavy atom. The average Bonchev–Trinajstić information content (AvgIpc) is 2.94. The van der Waals surface area contributed by atoms with E-state index in [-0.39, 0.29) is 17.0 Å². The molecule has 1 saturated carbocycles. The summed E-state index contributed by atoms with van der Waals surface area (Å²) in [6.45, 7) is 0.610. The van der Waals surface area contributed by atoms with E-state index < -0.39 is 12.7 Å². The maximum Gasteiger partial charge on any atom is 0.405 e. The molecular formula is C10H11ClF3N3. The van der Waals surface area contributed by atoms with E-state index >= 15 is 0 Å². The van der Waals surface area contributed by atoms with Gasteiger partial charge in [-0.3, -0.25) is 0 Å². The first-order valence-corrected chi connectivity index (χ1v) is 5.57. The highest BCUT2D eigenvalue weighted by molar-refractivity contribution is 6.29. The van der Waals surface area contributed by atoms with Crippen LogP contribution in [-0.4, -0.2) is 28.7 Å². The second-order valence-electron chi connectivity index (χ2n) is 4.07. The fourth-order valence-electron chi connectivity index (χ4n) is 1.64. The van der Waals surface area contributed by atoms with Gasteiger partial charge >= 0.3 is 6.18 Å². The Morgan fingerprint density at radius 2 is 2.06 bits per heavy atom. The maximum absolute atomic E-state index is 12.5. The van der Waals surface area contributed by atoms with Crippen molar-refractivity contribution in [1.82, 2.24) is 9.97 Å². The molecular weight excluding hydrogens is 255 g/mol. The molecule has 0 aliphatic heterocycles. The SMILES string of the molecule is Cc1nc(Cl)cc(N(CC(F)(F)F)C2CC2)n1. The van der Waals surface area contributed by atoms with Crippen LogP contribution in [0.2, 0.25) is 5.15 Å². The van der Waals surface area contributed by atoms with E-state index in [9.17, 15) is 13.2 Å². The van der Waals surface area contributed by atoms with Gasteiger partial charge in [0.05, 0.1) is 0 Å². The summed E-state index contributed by atoms with van der Waals surface area (Å²) in [6, 6.07) is 1.29. The van der Waals surface area contributed by atoms with Crippen LogP contribution < -0.4 is 4.90 Å². The lowest BCUT2D eigenvalue weighted by Crippen LogP contribution is -2.36. The number of hydrogen-bond donors (Lipinski definition) is 0. The van der Waals surface area contributed by atoms with Crippen LogP contribution in [0, 0.1) is 6.92 Å². The molecule has 1 aliphatic rings. The first-order valence-electron chi connectivity index (χ1n) is 5.20. The highest BCUT2D eigenvalue weighted by Crippen LogP contribution is 2.34. The van der Waals surface area contributed by atoms with Crippen LogP contribution in [0.1, 0.15) is 18.7 Å². The van der Waals surface area contributed by atoms with Crippen LogP contribution in [0.4, 0.5) is 19.0 Å². The normalized spacial score (nSPS) is 16.1. The van der Waals surface area contributed by atoms with Crippen molar-refractivity contribution < 1.29 is 13.2 Å². The number of aryl methyl sites for hydroxylation is 1. The Hall–Kier alpha value is -1.04. The van der Waals surface area contributed by atoms with Gasteiger partial charge in [0.25, 0.3) is 0 Å². The second-order valence-corrected chi connectivity index (χ2v) is 4.46. The predicted molar refractivity (Wildman–Crippen MR) is 58.2 cm³/mol. The van der Waals surface area contributed by atoms with Crippen molar-refractivity contribution in [3.8, 4) is 0 Å². The molecule has 17 heavy (non-hydrogen) atoms. The number of alkyl halides is 3. The van der Waals surface area contributed by atoms with Crippen molar-refractivity contribution in [2.45, 2.75) is 32.0 Å². The van der Waals surface area contributed by atoms with Crippen LogP contribution in [0.15, 0.2) is 6.07 Å². The number of hydrogen-bond acceptors (Lipinski definition) is 3. The molecule has 0 aromatic carbocycles. The molecule has 0 atom stereocenters. The predicted octanol–water partition coefficient (Wildman–Crippen LogP) is 2.97. The van der Waals surface area contributed by atoms with E-state index in [1.165, 1.54) is 11.0 Å². The quantitative estimate of drug-likeness (QED) is 0.787. The second kappa shape index (κ2) is 4.33. The van der Waals surface area contributed by atoms with Gasteiger partial charge in [-0.15, -0.1) is 0 Å². The Balaban J connectivity index is 2.26. The summed E-state index contributed by atoms with van der Waals surface area (Å²) in [5.41, 5.74) is 0. The minimum absolute atomic E-state index is 0.0815. The van der Waals surface area contributed by atoms with E-state index in [2.05, 4.69) is 9.97 Å². The van der Waals surface area contributed by atoms with Crippen molar-refractivity contribution in [2.75, 3.05) is 11.4 Å². The van der Waals surface area contributed by atoms with E-state index in [1.54, 1.807) is 6.92 Å². The molecule has 2 rings (SSSR count). The van der Waals surface area contributed by atoms with E-state index in [1.807, 2.05) is 0 Å². The Labute approximate surface area is 102 Å². The third kappa shape index (κ3) is 3.46. The fourth-order valence-corrected chi connectivity index (χ4v) is 1.86. The van der Waals surface area contributed by atoms with Gasteiger partial charge in [0.15, 0.2) is 0 Å². The molecule has 1 aliphatic carbocycles. The molecule has 0 spiro atoms. The lowest BCUT2D eigenvalue weighted by Gasteiger charge is -2.24. The summed E-state index contributed by atoms with van der Waals surface area (Å²) in [6.07, 6.45) is -2.72. The standard InChI is InChI=1S/C10H11ClF3N3/c1-6-15-8(11)4-9(16-6)17(7-2-3-7)5-10(12,13)14/h4,7H,2-3,5H2,1H3. The summed E-state index contributed by atoms with van der Waals surface area (Å²) in [7, 11) is 0.